The van der Waals surface area contributed by atoms with Crippen LogP contribution in [-0.2, 0) is 13.0 Å². The third kappa shape index (κ3) is 5.33. The molecule has 0 spiro atoms. The van der Waals surface area contributed by atoms with Gasteiger partial charge in [-0.25, -0.2) is 0 Å². The van der Waals surface area contributed by atoms with Crippen molar-refractivity contribution in [1.29, 1.82) is 0 Å². The normalized spacial score (nSPS) is 11.1. The Kier molecular flexibility index (Phi) is 6.90. The Bertz CT molecular complexity index is 288. The molecule has 17 heavy (non-hydrogen) atoms. The maximum atomic E-state index is 3.50. The minimum Gasteiger partial charge on any atom is -0.311 e. The maximum absolute atomic E-state index is 3.50. The number of likely N-dealkylation sites (N-methyl/N-ethyl adjacent to an activating group) is 1. The fraction of sp³-hybridized carbons (Fsp3) is 0.600. The lowest BCUT2D eigenvalue weighted by molar-refractivity contribution is 0.302. The smallest absolute Gasteiger partial charge is 0.0206 e. The Morgan fingerprint density at radius 3 is 2.06 bits per heavy atom. The molecular weight excluding hydrogens is 208 g/mol. The van der Waals surface area contributed by atoms with E-state index in [0.717, 1.165) is 39.1 Å². The number of aryl methyl sites for hydroxylation is 1. The van der Waals surface area contributed by atoms with E-state index in [4.69, 9.17) is 0 Å². The summed E-state index contributed by atoms with van der Waals surface area (Å²) in [4.78, 5) is 2.44. The van der Waals surface area contributed by atoms with Crippen molar-refractivity contribution in [2.75, 3.05) is 26.2 Å². The van der Waals surface area contributed by atoms with Crippen molar-refractivity contribution in [3.05, 3.63) is 35.4 Å². The molecule has 0 saturated carbocycles. The second kappa shape index (κ2) is 8.26. The SMILES string of the molecule is CCc1ccc(CNCCN(CC)CC)cc1. The molecule has 0 aliphatic heterocycles. The quantitative estimate of drug-likeness (QED) is 0.696. The van der Waals surface area contributed by atoms with Crippen LogP contribution in [0.15, 0.2) is 24.3 Å². The van der Waals surface area contributed by atoms with Crippen LogP contribution in [0.3, 0.4) is 0 Å². The fourth-order valence-corrected chi connectivity index (χ4v) is 1.90. The zero-order chi connectivity index (χ0) is 12.5. The van der Waals surface area contributed by atoms with E-state index in [1.807, 2.05) is 0 Å². The van der Waals surface area contributed by atoms with Crippen LogP contribution in [0.2, 0.25) is 0 Å². The first-order chi connectivity index (χ1) is 8.30. The Balaban J connectivity index is 2.21. The molecule has 0 aliphatic rings. The highest BCUT2D eigenvalue weighted by atomic mass is 15.1. The second-order valence-electron chi connectivity index (χ2n) is 4.37. The molecule has 1 rings (SSSR count). The lowest BCUT2D eigenvalue weighted by Gasteiger charge is -2.18. The van der Waals surface area contributed by atoms with Crippen LogP contribution in [-0.4, -0.2) is 31.1 Å². The summed E-state index contributed by atoms with van der Waals surface area (Å²) in [5, 5.41) is 3.50. The minimum absolute atomic E-state index is 0.977. The molecule has 0 radical (unpaired) electrons. The molecule has 0 unspecified atom stereocenters. The Morgan fingerprint density at radius 2 is 1.53 bits per heavy atom. The molecule has 0 saturated heterocycles. The summed E-state index contributed by atoms with van der Waals surface area (Å²) < 4.78 is 0. The first-order valence-electron chi connectivity index (χ1n) is 6.81. The number of nitrogens with one attached hydrogen (secondary N) is 1. The van der Waals surface area contributed by atoms with Gasteiger partial charge in [-0.3, -0.25) is 0 Å². The standard InChI is InChI=1S/C15H26N2/c1-4-14-7-9-15(10-8-14)13-16-11-12-17(5-2)6-3/h7-10,16H,4-6,11-13H2,1-3H3. The minimum atomic E-state index is 0.977. The summed E-state index contributed by atoms with van der Waals surface area (Å²) in [6, 6.07) is 8.90. The molecule has 1 N–H and O–H groups in total. The topological polar surface area (TPSA) is 15.3 Å². The molecule has 2 nitrogen and oxygen atoms in total. The first kappa shape index (κ1) is 14.2. The van der Waals surface area contributed by atoms with Gasteiger partial charge in [0.15, 0.2) is 0 Å². The van der Waals surface area contributed by atoms with Crippen molar-refractivity contribution in [2.45, 2.75) is 33.7 Å². The van der Waals surface area contributed by atoms with Crippen LogP contribution in [0.5, 0.6) is 0 Å². The molecule has 0 aromatic heterocycles. The molecule has 0 atom stereocenters. The predicted molar refractivity (Wildman–Crippen MR) is 75.3 cm³/mol. The van der Waals surface area contributed by atoms with E-state index in [1.54, 1.807) is 0 Å². The highest BCUT2D eigenvalue weighted by Crippen LogP contribution is 2.04. The van der Waals surface area contributed by atoms with Gasteiger partial charge in [0.25, 0.3) is 0 Å². The monoisotopic (exact) mass is 234 g/mol. The first-order valence-corrected chi connectivity index (χ1v) is 6.81. The molecule has 1 aromatic carbocycles. The van der Waals surface area contributed by atoms with Gasteiger partial charge in [0.2, 0.25) is 0 Å². The number of hydrogen-bond acceptors (Lipinski definition) is 2. The van der Waals surface area contributed by atoms with Gasteiger partial charge in [0, 0.05) is 19.6 Å². The van der Waals surface area contributed by atoms with Crippen molar-refractivity contribution in [2.24, 2.45) is 0 Å². The van der Waals surface area contributed by atoms with Gasteiger partial charge in [0.1, 0.15) is 0 Å². The van der Waals surface area contributed by atoms with E-state index in [0.29, 0.717) is 0 Å². The van der Waals surface area contributed by atoms with Gasteiger partial charge in [-0.05, 0) is 30.6 Å². The van der Waals surface area contributed by atoms with Crippen molar-refractivity contribution in [3.63, 3.8) is 0 Å². The zero-order valence-electron chi connectivity index (χ0n) is 11.5. The summed E-state index contributed by atoms with van der Waals surface area (Å²) in [6.45, 7) is 12.1. The van der Waals surface area contributed by atoms with Crippen LogP contribution in [0.25, 0.3) is 0 Å². The van der Waals surface area contributed by atoms with Gasteiger partial charge in [-0.1, -0.05) is 45.0 Å². The van der Waals surface area contributed by atoms with E-state index in [-0.39, 0.29) is 0 Å². The van der Waals surface area contributed by atoms with Gasteiger partial charge in [0.05, 0.1) is 0 Å². The van der Waals surface area contributed by atoms with Crippen LogP contribution >= 0.6 is 0 Å². The second-order valence-corrected chi connectivity index (χ2v) is 4.37. The predicted octanol–water partition coefficient (Wildman–Crippen LogP) is 2.68. The van der Waals surface area contributed by atoms with Crippen LogP contribution in [0.4, 0.5) is 0 Å². The molecular formula is C15H26N2. The Labute approximate surface area is 106 Å². The van der Waals surface area contributed by atoms with Crippen molar-refractivity contribution >= 4 is 0 Å². The van der Waals surface area contributed by atoms with Crippen LogP contribution in [0, 0.1) is 0 Å². The van der Waals surface area contributed by atoms with Crippen molar-refractivity contribution in [3.8, 4) is 0 Å². The molecule has 0 fully saturated rings. The summed E-state index contributed by atoms with van der Waals surface area (Å²) in [5.41, 5.74) is 2.79. The molecule has 1 aromatic rings. The van der Waals surface area contributed by atoms with Gasteiger partial charge < -0.3 is 10.2 Å². The molecule has 0 bridgehead atoms. The number of nitrogens with zero attached hydrogens (tertiary/aromatic N) is 1. The molecule has 0 aliphatic carbocycles. The molecule has 96 valence electrons. The highest BCUT2D eigenvalue weighted by Gasteiger charge is 1.98. The average Bonchev–Trinajstić information content (AvgIpc) is 2.40. The Morgan fingerprint density at radius 1 is 0.941 bits per heavy atom. The molecule has 0 heterocycles. The number of benzene rings is 1. The number of hydrogen-bond donors (Lipinski definition) is 1. The van der Waals surface area contributed by atoms with Gasteiger partial charge in [-0.15, -0.1) is 0 Å². The third-order valence-corrected chi connectivity index (χ3v) is 3.26. The molecule has 2 heteroatoms. The van der Waals surface area contributed by atoms with Gasteiger partial charge >= 0.3 is 0 Å². The molecule has 0 amide bonds. The van der Waals surface area contributed by atoms with E-state index in [2.05, 4.69) is 55.3 Å². The van der Waals surface area contributed by atoms with E-state index < -0.39 is 0 Å². The third-order valence-electron chi connectivity index (χ3n) is 3.26. The summed E-state index contributed by atoms with van der Waals surface area (Å²) in [6.07, 6.45) is 1.12. The lowest BCUT2D eigenvalue weighted by atomic mass is 10.1. The Hall–Kier alpha value is -0.860. The average molecular weight is 234 g/mol. The number of rotatable bonds is 8. The van der Waals surface area contributed by atoms with E-state index in [9.17, 15) is 0 Å². The van der Waals surface area contributed by atoms with E-state index in [1.165, 1.54) is 11.1 Å². The zero-order valence-corrected chi connectivity index (χ0v) is 11.5. The van der Waals surface area contributed by atoms with Crippen molar-refractivity contribution in [1.82, 2.24) is 10.2 Å². The summed E-state index contributed by atoms with van der Waals surface area (Å²) in [5.74, 6) is 0. The lowest BCUT2D eigenvalue weighted by Crippen LogP contribution is -2.31. The summed E-state index contributed by atoms with van der Waals surface area (Å²) >= 11 is 0. The fourth-order valence-electron chi connectivity index (χ4n) is 1.90. The van der Waals surface area contributed by atoms with E-state index >= 15 is 0 Å². The van der Waals surface area contributed by atoms with Gasteiger partial charge in [-0.2, -0.15) is 0 Å². The van der Waals surface area contributed by atoms with Crippen LogP contribution in [0.1, 0.15) is 31.9 Å². The summed E-state index contributed by atoms with van der Waals surface area (Å²) in [7, 11) is 0. The van der Waals surface area contributed by atoms with Crippen molar-refractivity contribution < 1.29 is 0 Å². The highest BCUT2D eigenvalue weighted by molar-refractivity contribution is 5.22. The largest absolute Gasteiger partial charge is 0.311 e. The van der Waals surface area contributed by atoms with Crippen LogP contribution < -0.4 is 5.32 Å². The maximum Gasteiger partial charge on any atom is 0.0206 e.